The van der Waals surface area contributed by atoms with Crippen LogP contribution in [0.3, 0.4) is 0 Å². The van der Waals surface area contributed by atoms with Gasteiger partial charge in [-0.3, -0.25) is 0 Å². The molecule has 2 aromatic carbocycles. The van der Waals surface area contributed by atoms with Crippen LogP contribution in [0.25, 0.3) is 0 Å². The second kappa shape index (κ2) is 5.87. The second-order valence-electron chi connectivity index (χ2n) is 4.37. The molecule has 18 heavy (non-hydrogen) atoms. The molecule has 1 N–H and O–H groups in total. The molecule has 1 nitrogen and oxygen atoms in total. The number of halogens is 2. The van der Waals surface area contributed by atoms with E-state index in [1.807, 2.05) is 43.3 Å². The number of rotatable bonds is 3. The number of aryl methyl sites for hydroxylation is 1. The summed E-state index contributed by atoms with van der Waals surface area (Å²) in [5.41, 5.74) is 3.09. The van der Waals surface area contributed by atoms with Crippen LogP contribution in [0.4, 0.5) is 0 Å². The van der Waals surface area contributed by atoms with Crippen LogP contribution in [0, 0.1) is 6.92 Å². The summed E-state index contributed by atoms with van der Waals surface area (Å²) in [5.74, 6) is 0. The van der Waals surface area contributed by atoms with Gasteiger partial charge in [0.2, 0.25) is 0 Å². The molecule has 0 saturated heterocycles. The summed E-state index contributed by atoms with van der Waals surface area (Å²) in [6.45, 7) is 2.05. The van der Waals surface area contributed by atoms with Crippen LogP contribution in [0.5, 0.6) is 0 Å². The third-order valence-corrected chi connectivity index (χ3v) is 3.69. The predicted molar refractivity (Wildman–Crippen MR) is 79.0 cm³/mol. The first-order chi connectivity index (χ1) is 8.56. The summed E-state index contributed by atoms with van der Waals surface area (Å²) in [6.07, 6.45) is -0.00458. The minimum absolute atomic E-state index is 0.571. The summed E-state index contributed by atoms with van der Waals surface area (Å²) in [7, 11) is 0. The average Bonchev–Trinajstić information content (AvgIpc) is 2.32. The highest BCUT2D eigenvalue weighted by Crippen LogP contribution is 2.28. The lowest BCUT2D eigenvalue weighted by atomic mass is 10.0. The number of aliphatic hydroxyl groups is 1. The number of benzene rings is 2. The van der Waals surface area contributed by atoms with E-state index >= 15 is 0 Å². The fraction of sp³-hybridized carbons (Fsp3) is 0.200. The molecule has 0 fully saturated rings. The standard InChI is InChI=1S/C15H14BrClO/c1-10-2-4-11(5-3-10)8-15(18)13-7-6-12(16)9-14(13)17/h2-7,9,15,18H,8H2,1H3. The lowest BCUT2D eigenvalue weighted by Gasteiger charge is -2.13. The Morgan fingerprint density at radius 3 is 2.44 bits per heavy atom. The third-order valence-electron chi connectivity index (χ3n) is 2.87. The monoisotopic (exact) mass is 324 g/mol. The van der Waals surface area contributed by atoms with Crippen LogP contribution in [-0.4, -0.2) is 5.11 Å². The minimum atomic E-state index is -0.576. The van der Waals surface area contributed by atoms with Crippen LogP contribution in [0.1, 0.15) is 22.8 Å². The van der Waals surface area contributed by atoms with E-state index in [1.165, 1.54) is 5.56 Å². The second-order valence-corrected chi connectivity index (χ2v) is 5.69. The Morgan fingerprint density at radius 1 is 1.17 bits per heavy atom. The number of hydrogen-bond donors (Lipinski definition) is 1. The van der Waals surface area contributed by atoms with Gasteiger partial charge in [0.25, 0.3) is 0 Å². The molecule has 0 saturated carbocycles. The first-order valence-corrected chi connectivity index (χ1v) is 6.92. The van der Waals surface area contributed by atoms with E-state index in [0.29, 0.717) is 11.4 Å². The van der Waals surface area contributed by atoms with Crippen molar-refractivity contribution in [1.29, 1.82) is 0 Å². The Labute approximate surface area is 121 Å². The lowest BCUT2D eigenvalue weighted by molar-refractivity contribution is 0.178. The van der Waals surface area contributed by atoms with Gasteiger partial charge in [-0.25, -0.2) is 0 Å². The van der Waals surface area contributed by atoms with E-state index in [0.717, 1.165) is 15.6 Å². The van der Waals surface area contributed by atoms with E-state index in [2.05, 4.69) is 15.9 Å². The highest BCUT2D eigenvalue weighted by molar-refractivity contribution is 9.10. The van der Waals surface area contributed by atoms with E-state index in [9.17, 15) is 5.11 Å². The van der Waals surface area contributed by atoms with Crippen molar-refractivity contribution in [2.75, 3.05) is 0 Å². The summed E-state index contributed by atoms with van der Waals surface area (Å²) in [5, 5.41) is 10.8. The maximum absolute atomic E-state index is 10.2. The Balaban J connectivity index is 2.16. The smallest absolute Gasteiger partial charge is 0.0844 e. The number of hydrogen-bond acceptors (Lipinski definition) is 1. The van der Waals surface area contributed by atoms with Crippen LogP contribution in [-0.2, 0) is 6.42 Å². The van der Waals surface area contributed by atoms with Crippen LogP contribution < -0.4 is 0 Å². The van der Waals surface area contributed by atoms with Crippen molar-refractivity contribution in [3.63, 3.8) is 0 Å². The molecular formula is C15H14BrClO. The lowest BCUT2D eigenvalue weighted by Crippen LogP contribution is -2.02. The zero-order chi connectivity index (χ0) is 13.1. The molecule has 0 spiro atoms. The molecule has 2 rings (SSSR count). The Bertz CT molecular complexity index is 537. The zero-order valence-corrected chi connectivity index (χ0v) is 12.4. The maximum atomic E-state index is 10.2. The van der Waals surface area contributed by atoms with E-state index in [1.54, 1.807) is 6.07 Å². The van der Waals surface area contributed by atoms with Crippen molar-refractivity contribution in [3.8, 4) is 0 Å². The highest BCUT2D eigenvalue weighted by atomic mass is 79.9. The summed E-state index contributed by atoms with van der Waals surface area (Å²) >= 11 is 9.48. The molecule has 0 aromatic heterocycles. The van der Waals surface area contributed by atoms with Crippen LogP contribution in [0.2, 0.25) is 5.02 Å². The fourth-order valence-electron chi connectivity index (χ4n) is 1.83. The summed E-state index contributed by atoms with van der Waals surface area (Å²) in [4.78, 5) is 0. The Hall–Kier alpha value is -0.830. The SMILES string of the molecule is Cc1ccc(CC(O)c2ccc(Br)cc2Cl)cc1. The van der Waals surface area contributed by atoms with Gasteiger partial charge < -0.3 is 5.11 Å². The molecule has 0 aliphatic carbocycles. The van der Waals surface area contributed by atoms with E-state index in [-0.39, 0.29) is 0 Å². The van der Waals surface area contributed by atoms with Gasteiger partial charge in [-0.15, -0.1) is 0 Å². The van der Waals surface area contributed by atoms with Crippen molar-refractivity contribution in [2.24, 2.45) is 0 Å². The molecule has 0 aliphatic heterocycles. The molecule has 0 heterocycles. The van der Waals surface area contributed by atoms with Crippen molar-refractivity contribution in [1.82, 2.24) is 0 Å². The average molecular weight is 326 g/mol. The molecule has 0 amide bonds. The highest BCUT2D eigenvalue weighted by Gasteiger charge is 2.12. The normalized spacial score (nSPS) is 12.4. The van der Waals surface area contributed by atoms with Crippen molar-refractivity contribution >= 4 is 27.5 Å². The van der Waals surface area contributed by atoms with Gasteiger partial charge in [0, 0.05) is 15.9 Å². The van der Waals surface area contributed by atoms with Gasteiger partial charge in [0.15, 0.2) is 0 Å². The van der Waals surface area contributed by atoms with E-state index < -0.39 is 6.10 Å². The molecule has 94 valence electrons. The van der Waals surface area contributed by atoms with Gasteiger partial charge in [-0.2, -0.15) is 0 Å². The zero-order valence-electron chi connectivity index (χ0n) is 10.0. The number of aliphatic hydroxyl groups excluding tert-OH is 1. The third kappa shape index (κ3) is 3.35. The quantitative estimate of drug-likeness (QED) is 0.868. The molecule has 3 heteroatoms. The van der Waals surface area contributed by atoms with Crippen molar-refractivity contribution < 1.29 is 5.11 Å². The Kier molecular flexibility index (Phi) is 4.44. The van der Waals surface area contributed by atoms with Gasteiger partial charge in [-0.1, -0.05) is 63.4 Å². The molecule has 1 atom stereocenters. The van der Waals surface area contributed by atoms with Crippen molar-refractivity contribution in [3.05, 3.63) is 68.7 Å². The van der Waals surface area contributed by atoms with E-state index in [4.69, 9.17) is 11.6 Å². The Morgan fingerprint density at radius 2 is 1.83 bits per heavy atom. The fourth-order valence-corrected chi connectivity index (χ4v) is 2.63. The largest absolute Gasteiger partial charge is 0.388 e. The molecular weight excluding hydrogens is 312 g/mol. The van der Waals surface area contributed by atoms with Crippen molar-refractivity contribution in [2.45, 2.75) is 19.4 Å². The molecule has 0 radical (unpaired) electrons. The molecule has 0 bridgehead atoms. The van der Waals surface area contributed by atoms with Gasteiger partial charge in [0.05, 0.1) is 6.10 Å². The van der Waals surface area contributed by atoms with Gasteiger partial charge in [0.1, 0.15) is 0 Å². The summed E-state index contributed by atoms with van der Waals surface area (Å²) in [6, 6.07) is 13.7. The molecule has 0 aliphatic rings. The minimum Gasteiger partial charge on any atom is -0.388 e. The summed E-state index contributed by atoms with van der Waals surface area (Å²) < 4.78 is 0.916. The first-order valence-electron chi connectivity index (χ1n) is 5.75. The molecule has 2 aromatic rings. The first kappa shape index (κ1) is 13.6. The predicted octanol–water partition coefficient (Wildman–Crippen LogP) is 4.69. The topological polar surface area (TPSA) is 20.2 Å². The van der Waals surface area contributed by atoms with Crippen LogP contribution >= 0.6 is 27.5 Å². The van der Waals surface area contributed by atoms with Gasteiger partial charge in [-0.05, 0) is 30.2 Å². The van der Waals surface area contributed by atoms with Gasteiger partial charge >= 0.3 is 0 Å². The molecule has 1 unspecified atom stereocenters. The maximum Gasteiger partial charge on any atom is 0.0844 e. The van der Waals surface area contributed by atoms with Crippen LogP contribution in [0.15, 0.2) is 46.9 Å².